The highest BCUT2D eigenvalue weighted by molar-refractivity contribution is 7.91. The molecule has 2 N–H and O–H groups in total. The average Bonchev–Trinajstić information content (AvgIpc) is 2.93. The molecule has 0 bridgehead atoms. The molecule has 0 saturated heterocycles. The molecule has 25 heavy (non-hydrogen) atoms. The smallest absolute Gasteiger partial charge is 0.339 e. The highest BCUT2D eigenvalue weighted by Gasteiger charge is 2.18. The summed E-state index contributed by atoms with van der Waals surface area (Å²) in [4.78, 5) is 12.0. The first-order valence-electron chi connectivity index (χ1n) is 7.21. The van der Waals surface area contributed by atoms with Crippen LogP contribution in [0.5, 0.6) is 11.5 Å². The molecule has 0 aliphatic carbocycles. The molecule has 7 nitrogen and oxygen atoms in total. The lowest BCUT2D eigenvalue weighted by Gasteiger charge is -2.11. The van der Waals surface area contributed by atoms with Gasteiger partial charge in [0.25, 0.3) is 0 Å². The SMILES string of the molecule is NS(=O)(=O)c1cc(C(=O)OCc2cc(Cl)c3c(c2)OCCCO3)cs1. The van der Waals surface area contributed by atoms with Crippen LogP contribution in [-0.4, -0.2) is 27.6 Å². The fraction of sp³-hybridized carbons (Fsp3) is 0.267. The molecule has 2 heterocycles. The zero-order valence-electron chi connectivity index (χ0n) is 12.9. The second-order valence-electron chi connectivity index (χ2n) is 5.23. The minimum Gasteiger partial charge on any atom is -0.489 e. The van der Waals surface area contributed by atoms with Crippen LogP contribution < -0.4 is 14.6 Å². The minimum atomic E-state index is -3.84. The van der Waals surface area contributed by atoms with Crippen molar-refractivity contribution in [2.45, 2.75) is 17.2 Å². The van der Waals surface area contributed by atoms with Crippen molar-refractivity contribution in [2.75, 3.05) is 13.2 Å². The highest BCUT2D eigenvalue weighted by atomic mass is 35.5. The monoisotopic (exact) mass is 403 g/mol. The van der Waals surface area contributed by atoms with Crippen LogP contribution in [0.4, 0.5) is 0 Å². The maximum absolute atomic E-state index is 12.0. The fourth-order valence-corrected chi connectivity index (χ4v) is 4.03. The summed E-state index contributed by atoms with van der Waals surface area (Å²) in [7, 11) is -3.84. The molecule has 1 aromatic heterocycles. The Kier molecular flexibility index (Phi) is 5.19. The first kappa shape index (κ1) is 18.0. The van der Waals surface area contributed by atoms with E-state index in [9.17, 15) is 13.2 Å². The quantitative estimate of drug-likeness (QED) is 0.786. The summed E-state index contributed by atoms with van der Waals surface area (Å²) in [5, 5.41) is 6.77. The molecule has 10 heteroatoms. The number of esters is 1. The number of benzene rings is 1. The van der Waals surface area contributed by atoms with E-state index in [0.29, 0.717) is 35.3 Å². The van der Waals surface area contributed by atoms with Crippen molar-refractivity contribution in [2.24, 2.45) is 5.14 Å². The highest BCUT2D eigenvalue weighted by Crippen LogP contribution is 2.38. The first-order chi connectivity index (χ1) is 11.8. The van der Waals surface area contributed by atoms with Gasteiger partial charge in [-0.3, -0.25) is 0 Å². The molecule has 1 aliphatic heterocycles. The summed E-state index contributed by atoms with van der Waals surface area (Å²) in [6.07, 6.45) is 0.750. The lowest BCUT2D eigenvalue weighted by Crippen LogP contribution is -2.10. The van der Waals surface area contributed by atoms with Crippen molar-refractivity contribution in [1.82, 2.24) is 0 Å². The molecule has 0 radical (unpaired) electrons. The topological polar surface area (TPSA) is 105 Å². The molecule has 0 amide bonds. The average molecular weight is 404 g/mol. The second kappa shape index (κ2) is 7.20. The van der Waals surface area contributed by atoms with Gasteiger partial charge in [0.05, 0.1) is 23.8 Å². The van der Waals surface area contributed by atoms with Crippen molar-refractivity contribution in [1.29, 1.82) is 0 Å². The van der Waals surface area contributed by atoms with Gasteiger partial charge < -0.3 is 14.2 Å². The Bertz CT molecular complexity index is 909. The number of hydrogen-bond donors (Lipinski definition) is 1. The lowest BCUT2D eigenvalue weighted by molar-refractivity contribution is 0.0473. The van der Waals surface area contributed by atoms with Crippen molar-refractivity contribution >= 4 is 38.9 Å². The van der Waals surface area contributed by atoms with Crippen LogP contribution in [0, 0.1) is 0 Å². The Morgan fingerprint density at radius 1 is 1.28 bits per heavy atom. The van der Waals surface area contributed by atoms with E-state index in [4.69, 9.17) is 31.0 Å². The maximum Gasteiger partial charge on any atom is 0.339 e. The molecule has 0 spiro atoms. The summed E-state index contributed by atoms with van der Waals surface area (Å²) in [5.74, 6) is 0.322. The Morgan fingerprint density at radius 3 is 2.76 bits per heavy atom. The zero-order chi connectivity index (χ0) is 18.0. The summed E-state index contributed by atoms with van der Waals surface area (Å²) in [6, 6.07) is 4.51. The van der Waals surface area contributed by atoms with Crippen LogP contribution >= 0.6 is 22.9 Å². The van der Waals surface area contributed by atoms with Gasteiger partial charge in [0.1, 0.15) is 10.8 Å². The van der Waals surface area contributed by atoms with Gasteiger partial charge in [-0.2, -0.15) is 0 Å². The van der Waals surface area contributed by atoms with Crippen LogP contribution in [0.1, 0.15) is 22.3 Å². The third-order valence-corrected chi connectivity index (χ3v) is 5.99. The van der Waals surface area contributed by atoms with Gasteiger partial charge in [-0.1, -0.05) is 11.6 Å². The van der Waals surface area contributed by atoms with Gasteiger partial charge in [0.2, 0.25) is 10.0 Å². The summed E-state index contributed by atoms with van der Waals surface area (Å²) < 4.78 is 38.7. The number of carbonyl (C=O) groups excluding carboxylic acids is 1. The number of rotatable bonds is 4. The Hall–Kier alpha value is -1.81. The third-order valence-electron chi connectivity index (χ3n) is 3.32. The van der Waals surface area contributed by atoms with E-state index in [2.05, 4.69) is 0 Å². The number of fused-ring (bicyclic) bond motifs is 1. The number of halogens is 1. The normalized spacial score (nSPS) is 14.0. The van der Waals surface area contributed by atoms with Crippen LogP contribution in [0.15, 0.2) is 27.8 Å². The molecule has 0 saturated carbocycles. The number of thiophene rings is 1. The van der Waals surface area contributed by atoms with E-state index in [0.717, 1.165) is 17.8 Å². The van der Waals surface area contributed by atoms with E-state index in [1.54, 1.807) is 12.1 Å². The Morgan fingerprint density at radius 2 is 2.04 bits per heavy atom. The predicted octanol–water partition coefficient (Wildman–Crippen LogP) is 2.57. The molecule has 0 unspecified atom stereocenters. The van der Waals surface area contributed by atoms with Gasteiger partial charge in [0, 0.05) is 11.8 Å². The Labute approximate surface area is 153 Å². The van der Waals surface area contributed by atoms with E-state index in [1.165, 1.54) is 11.4 Å². The van der Waals surface area contributed by atoms with E-state index >= 15 is 0 Å². The van der Waals surface area contributed by atoms with Crippen LogP contribution in [0.3, 0.4) is 0 Å². The minimum absolute atomic E-state index is 0.0459. The number of carbonyl (C=O) groups is 1. The van der Waals surface area contributed by atoms with Crippen molar-refractivity contribution in [3.63, 3.8) is 0 Å². The van der Waals surface area contributed by atoms with Crippen LogP contribution in [0.25, 0.3) is 0 Å². The summed E-state index contributed by atoms with van der Waals surface area (Å²) in [5.41, 5.74) is 0.749. The number of nitrogens with two attached hydrogens (primary N) is 1. The van der Waals surface area contributed by atoms with Crippen molar-refractivity contribution in [3.8, 4) is 11.5 Å². The van der Waals surface area contributed by atoms with Crippen molar-refractivity contribution < 1.29 is 27.4 Å². The van der Waals surface area contributed by atoms with Gasteiger partial charge in [-0.25, -0.2) is 18.4 Å². The summed E-state index contributed by atoms with van der Waals surface area (Å²) >= 11 is 7.04. The van der Waals surface area contributed by atoms with E-state index in [1.807, 2.05) is 0 Å². The van der Waals surface area contributed by atoms with E-state index in [-0.39, 0.29) is 16.4 Å². The zero-order valence-corrected chi connectivity index (χ0v) is 15.2. The van der Waals surface area contributed by atoms with Gasteiger partial charge in [-0.15, -0.1) is 11.3 Å². The number of sulfonamides is 1. The number of ether oxygens (including phenoxy) is 3. The molecule has 0 fully saturated rings. The van der Waals surface area contributed by atoms with Gasteiger partial charge in [0.15, 0.2) is 11.5 Å². The van der Waals surface area contributed by atoms with Gasteiger partial charge >= 0.3 is 5.97 Å². The van der Waals surface area contributed by atoms with E-state index < -0.39 is 16.0 Å². The standard InChI is InChI=1S/C15H14ClNO6S2/c16-11-4-9(5-12-14(11)22-3-1-2-21-12)7-23-15(18)10-6-13(24-8-10)25(17,19)20/h4-6,8H,1-3,7H2,(H2,17,19,20). The first-order valence-corrected chi connectivity index (χ1v) is 10.0. The maximum atomic E-state index is 12.0. The molecular formula is C15H14ClNO6S2. The summed E-state index contributed by atoms with van der Waals surface area (Å²) in [6.45, 7) is 0.985. The van der Waals surface area contributed by atoms with Crippen LogP contribution in [0.2, 0.25) is 5.02 Å². The lowest BCUT2D eigenvalue weighted by atomic mass is 10.2. The largest absolute Gasteiger partial charge is 0.489 e. The Balaban J connectivity index is 1.71. The fourth-order valence-electron chi connectivity index (χ4n) is 2.17. The van der Waals surface area contributed by atoms with Gasteiger partial charge in [-0.05, 0) is 23.8 Å². The molecule has 1 aliphatic rings. The number of hydrogen-bond acceptors (Lipinski definition) is 7. The van der Waals surface area contributed by atoms with Crippen molar-refractivity contribution in [3.05, 3.63) is 39.7 Å². The predicted molar refractivity (Wildman–Crippen MR) is 91.9 cm³/mol. The van der Waals surface area contributed by atoms with Crippen LogP contribution in [-0.2, 0) is 21.4 Å². The number of primary sulfonamides is 1. The molecule has 1 aromatic carbocycles. The molecule has 0 atom stereocenters. The third kappa shape index (κ3) is 4.24. The molecule has 3 rings (SSSR count). The molecule has 2 aromatic rings. The second-order valence-corrected chi connectivity index (χ2v) is 8.34. The molecule has 134 valence electrons. The molecular weight excluding hydrogens is 390 g/mol.